The molecule has 22 heavy (non-hydrogen) atoms. The normalized spacial score (nSPS) is 11.1. The van der Waals surface area contributed by atoms with Crippen LogP contribution in [0.2, 0.25) is 0 Å². The minimum atomic E-state index is -4.53. The van der Waals surface area contributed by atoms with Crippen molar-refractivity contribution in [3.63, 3.8) is 0 Å². The number of ether oxygens (including phenoxy) is 1. The standard InChI is InChI=1S/C14H12F3N3O2/c1-8(21)20-10-2-4-11(5-3-10)22-12-6-9(14(15,16)17)7-19-13(12)18/h2-7H,1H3,(H2,18,19)(H,20,21). The van der Waals surface area contributed by atoms with Crippen LogP contribution in [-0.4, -0.2) is 10.9 Å². The lowest BCUT2D eigenvalue weighted by Gasteiger charge is -2.12. The summed E-state index contributed by atoms with van der Waals surface area (Å²) in [6.45, 7) is 1.36. The minimum Gasteiger partial charge on any atom is -0.453 e. The van der Waals surface area contributed by atoms with Crippen molar-refractivity contribution in [2.45, 2.75) is 13.1 Å². The molecule has 0 spiro atoms. The molecule has 0 saturated heterocycles. The fourth-order valence-corrected chi connectivity index (χ4v) is 1.63. The topological polar surface area (TPSA) is 77.2 Å². The second-order valence-corrected chi connectivity index (χ2v) is 4.41. The summed E-state index contributed by atoms with van der Waals surface area (Å²) >= 11 is 0. The molecule has 1 aromatic carbocycles. The molecule has 0 aliphatic heterocycles. The van der Waals surface area contributed by atoms with Gasteiger partial charge >= 0.3 is 6.18 Å². The molecule has 0 aliphatic carbocycles. The van der Waals surface area contributed by atoms with Gasteiger partial charge in [-0.05, 0) is 30.3 Å². The van der Waals surface area contributed by atoms with Crippen molar-refractivity contribution in [1.82, 2.24) is 4.98 Å². The SMILES string of the molecule is CC(=O)Nc1ccc(Oc2cc(C(F)(F)F)cnc2N)cc1. The van der Waals surface area contributed by atoms with E-state index in [1.807, 2.05) is 0 Å². The van der Waals surface area contributed by atoms with E-state index in [0.29, 0.717) is 11.9 Å². The molecule has 116 valence electrons. The van der Waals surface area contributed by atoms with Crippen molar-refractivity contribution in [2.24, 2.45) is 0 Å². The Hall–Kier alpha value is -2.77. The van der Waals surface area contributed by atoms with E-state index in [4.69, 9.17) is 10.5 Å². The summed E-state index contributed by atoms with van der Waals surface area (Å²) in [6.07, 6.45) is -3.89. The van der Waals surface area contributed by atoms with Gasteiger partial charge in [0, 0.05) is 18.8 Å². The van der Waals surface area contributed by atoms with Crippen molar-refractivity contribution >= 4 is 17.4 Å². The molecule has 2 rings (SSSR count). The number of alkyl halides is 3. The molecule has 0 bridgehead atoms. The molecule has 1 heterocycles. The first kappa shape index (κ1) is 15.6. The summed E-state index contributed by atoms with van der Waals surface area (Å²) in [7, 11) is 0. The molecule has 0 unspecified atom stereocenters. The number of carbonyl (C=O) groups excluding carboxylic acids is 1. The van der Waals surface area contributed by atoms with Crippen molar-refractivity contribution < 1.29 is 22.7 Å². The first-order chi connectivity index (χ1) is 10.3. The smallest absolute Gasteiger partial charge is 0.418 e. The minimum absolute atomic E-state index is 0.154. The van der Waals surface area contributed by atoms with Crippen LogP contribution in [0.5, 0.6) is 11.5 Å². The van der Waals surface area contributed by atoms with Crippen LogP contribution in [0.3, 0.4) is 0 Å². The molecule has 0 atom stereocenters. The van der Waals surface area contributed by atoms with E-state index in [2.05, 4.69) is 10.3 Å². The molecule has 2 aromatic rings. The van der Waals surface area contributed by atoms with Crippen LogP contribution in [0.25, 0.3) is 0 Å². The third kappa shape index (κ3) is 3.87. The van der Waals surface area contributed by atoms with E-state index in [0.717, 1.165) is 6.07 Å². The van der Waals surface area contributed by atoms with Crippen molar-refractivity contribution in [2.75, 3.05) is 11.1 Å². The summed E-state index contributed by atoms with van der Waals surface area (Å²) in [5, 5.41) is 2.56. The molecule has 1 amide bonds. The van der Waals surface area contributed by atoms with Gasteiger partial charge in [-0.15, -0.1) is 0 Å². The quantitative estimate of drug-likeness (QED) is 0.910. The van der Waals surface area contributed by atoms with Gasteiger partial charge in [-0.2, -0.15) is 13.2 Å². The second-order valence-electron chi connectivity index (χ2n) is 4.41. The van der Waals surface area contributed by atoms with Gasteiger partial charge in [-0.25, -0.2) is 4.98 Å². The lowest BCUT2D eigenvalue weighted by molar-refractivity contribution is -0.137. The number of halogens is 3. The monoisotopic (exact) mass is 311 g/mol. The largest absolute Gasteiger partial charge is 0.453 e. The Morgan fingerprint density at radius 1 is 1.27 bits per heavy atom. The van der Waals surface area contributed by atoms with Gasteiger partial charge in [0.2, 0.25) is 5.91 Å². The van der Waals surface area contributed by atoms with Gasteiger partial charge < -0.3 is 15.8 Å². The highest BCUT2D eigenvalue weighted by Gasteiger charge is 2.32. The van der Waals surface area contributed by atoms with Crippen LogP contribution in [0.15, 0.2) is 36.5 Å². The summed E-state index contributed by atoms with van der Waals surface area (Å²) in [5.74, 6) is -0.317. The molecular formula is C14H12F3N3O2. The highest BCUT2D eigenvalue weighted by atomic mass is 19.4. The molecule has 0 saturated carbocycles. The molecule has 0 aliphatic rings. The fraction of sp³-hybridized carbons (Fsp3) is 0.143. The number of nitrogens with zero attached hydrogens (tertiary/aromatic N) is 1. The number of benzene rings is 1. The highest BCUT2D eigenvalue weighted by molar-refractivity contribution is 5.88. The number of rotatable bonds is 3. The van der Waals surface area contributed by atoms with Crippen LogP contribution in [0, 0.1) is 0 Å². The van der Waals surface area contributed by atoms with Gasteiger partial charge in [-0.3, -0.25) is 4.79 Å². The van der Waals surface area contributed by atoms with E-state index in [-0.39, 0.29) is 23.2 Å². The number of pyridine rings is 1. The average molecular weight is 311 g/mol. The van der Waals surface area contributed by atoms with E-state index >= 15 is 0 Å². The van der Waals surface area contributed by atoms with Gasteiger partial charge in [0.1, 0.15) is 5.75 Å². The summed E-state index contributed by atoms with van der Waals surface area (Å²) < 4.78 is 43.2. The molecule has 5 nitrogen and oxygen atoms in total. The molecule has 0 fully saturated rings. The van der Waals surface area contributed by atoms with Crippen molar-refractivity contribution in [3.8, 4) is 11.5 Å². The molecule has 3 N–H and O–H groups in total. The average Bonchev–Trinajstić information content (AvgIpc) is 2.41. The van der Waals surface area contributed by atoms with Gasteiger partial charge in [0.25, 0.3) is 0 Å². The predicted octanol–water partition coefficient (Wildman–Crippen LogP) is 3.43. The Morgan fingerprint density at radius 2 is 1.91 bits per heavy atom. The Balaban J connectivity index is 2.21. The number of hydrogen-bond donors (Lipinski definition) is 2. The van der Waals surface area contributed by atoms with E-state index < -0.39 is 11.7 Å². The summed E-state index contributed by atoms with van der Waals surface area (Å²) in [4.78, 5) is 14.4. The zero-order valence-corrected chi connectivity index (χ0v) is 11.4. The summed E-state index contributed by atoms with van der Waals surface area (Å²) in [6, 6.07) is 6.86. The number of anilines is 2. The van der Waals surface area contributed by atoms with Crippen molar-refractivity contribution in [1.29, 1.82) is 0 Å². The lowest BCUT2D eigenvalue weighted by atomic mass is 10.2. The maximum atomic E-state index is 12.6. The Labute approximate surface area is 123 Å². The molecular weight excluding hydrogens is 299 g/mol. The molecule has 0 radical (unpaired) electrons. The number of aromatic nitrogens is 1. The van der Waals surface area contributed by atoms with Crippen LogP contribution in [-0.2, 0) is 11.0 Å². The second kappa shape index (κ2) is 5.92. The third-order valence-corrected chi connectivity index (χ3v) is 2.61. The first-order valence-corrected chi connectivity index (χ1v) is 6.14. The first-order valence-electron chi connectivity index (χ1n) is 6.14. The zero-order valence-electron chi connectivity index (χ0n) is 11.4. The number of carbonyl (C=O) groups is 1. The van der Waals surface area contributed by atoms with Crippen molar-refractivity contribution in [3.05, 3.63) is 42.1 Å². The number of amides is 1. The maximum absolute atomic E-state index is 12.6. The van der Waals surface area contributed by atoms with Gasteiger partial charge in [0.05, 0.1) is 5.56 Å². The zero-order chi connectivity index (χ0) is 16.3. The molecule has 1 aromatic heterocycles. The Morgan fingerprint density at radius 3 is 2.45 bits per heavy atom. The van der Waals surface area contributed by atoms with Crippen LogP contribution < -0.4 is 15.8 Å². The maximum Gasteiger partial charge on any atom is 0.418 e. The number of nitrogen functional groups attached to an aromatic ring is 1. The van der Waals surface area contributed by atoms with Crippen LogP contribution in [0.1, 0.15) is 12.5 Å². The van der Waals surface area contributed by atoms with E-state index in [1.165, 1.54) is 19.1 Å². The Bertz CT molecular complexity index is 685. The Kier molecular flexibility index (Phi) is 4.20. The predicted molar refractivity (Wildman–Crippen MR) is 74.5 cm³/mol. The van der Waals surface area contributed by atoms with E-state index in [1.54, 1.807) is 12.1 Å². The number of nitrogens with one attached hydrogen (secondary N) is 1. The number of nitrogens with two attached hydrogens (primary N) is 1. The van der Waals surface area contributed by atoms with Crippen LogP contribution >= 0.6 is 0 Å². The van der Waals surface area contributed by atoms with Crippen LogP contribution in [0.4, 0.5) is 24.7 Å². The fourth-order valence-electron chi connectivity index (χ4n) is 1.63. The van der Waals surface area contributed by atoms with Gasteiger partial charge in [-0.1, -0.05) is 0 Å². The number of hydrogen-bond acceptors (Lipinski definition) is 4. The molecule has 8 heteroatoms. The third-order valence-electron chi connectivity index (χ3n) is 2.61. The van der Waals surface area contributed by atoms with Gasteiger partial charge in [0.15, 0.2) is 11.6 Å². The summed E-state index contributed by atoms with van der Waals surface area (Å²) in [5.41, 5.74) is 5.10. The highest BCUT2D eigenvalue weighted by Crippen LogP contribution is 2.34. The lowest BCUT2D eigenvalue weighted by Crippen LogP contribution is -2.07. The van der Waals surface area contributed by atoms with E-state index in [9.17, 15) is 18.0 Å².